The number of anilines is 1. The summed E-state index contributed by atoms with van der Waals surface area (Å²) in [5.41, 5.74) is 4.04. The molecule has 0 heterocycles. The molecule has 0 radical (unpaired) electrons. The summed E-state index contributed by atoms with van der Waals surface area (Å²) in [5.74, 6) is 0.551. The molecule has 0 bridgehead atoms. The second kappa shape index (κ2) is 10.3. The topological polar surface area (TPSA) is 89.0 Å². The minimum absolute atomic E-state index is 0.0592. The summed E-state index contributed by atoms with van der Waals surface area (Å²) in [5, 5.41) is 7.10. The van der Waals surface area contributed by atoms with E-state index in [1.165, 1.54) is 20.4 Å². The number of methoxy groups -OCH3 is 2. The number of benzene rings is 2. The summed E-state index contributed by atoms with van der Waals surface area (Å²) in [6, 6.07) is 9.81. The number of carbonyl (C=O) groups is 2. The fourth-order valence-electron chi connectivity index (χ4n) is 2.35. The molecule has 0 aromatic heterocycles. The normalized spacial score (nSPS) is 10.6. The van der Waals surface area contributed by atoms with E-state index in [4.69, 9.17) is 21.1 Å². The Labute approximate surface area is 168 Å². The van der Waals surface area contributed by atoms with Crippen molar-refractivity contribution in [1.82, 2.24) is 5.43 Å². The Morgan fingerprint density at radius 1 is 1.11 bits per heavy atom. The van der Waals surface area contributed by atoms with Gasteiger partial charge in [-0.1, -0.05) is 18.5 Å². The lowest BCUT2D eigenvalue weighted by Gasteiger charge is -2.09. The number of carbonyl (C=O) groups excluding carboxylic acids is 2. The van der Waals surface area contributed by atoms with Crippen molar-refractivity contribution in [2.45, 2.75) is 19.8 Å². The summed E-state index contributed by atoms with van der Waals surface area (Å²) in [6.45, 7) is 1.93. The number of hydrogen-bond acceptors (Lipinski definition) is 5. The molecule has 0 unspecified atom stereocenters. The SMILES string of the molecule is CCCC(=O)Nc1ccc(C(=O)N/N=C/c2cc(OC)c(OC)cc2Cl)cc1. The van der Waals surface area contributed by atoms with Crippen molar-refractivity contribution < 1.29 is 19.1 Å². The molecule has 0 spiro atoms. The van der Waals surface area contributed by atoms with Crippen LogP contribution in [0.3, 0.4) is 0 Å². The minimum Gasteiger partial charge on any atom is -0.493 e. The van der Waals surface area contributed by atoms with E-state index in [0.717, 1.165) is 6.42 Å². The summed E-state index contributed by atoms with van der Waals surface area (Å²) in [6.07, 6.45) is 2.64. The van der Waals surface area contributed by atoms with Crippen LogP contribution in [0.5, 0.6) is 11.5 Å². The van der Waals surface area contributed by atoms with Gasteiger partial charge in [0.05, 0.1) is 25.5 Å². The Kier molecular flexibility index (Phi) is 7.83. The van der Waals surface area contributed by atoms with Gasteiger partial charge >= 0.3 is 0 Å². The summed E-state index contributed by atoms with van der Waals surface area (Å²) < 4.78 is 10.4. The third kappa shape index (κ3) is 5.72. The number of hydrazone groups is 1. The maximum atomic E-state index is 12.2. The van der Waals surface area contributed by atoms with Crippen LogP contribution in [0.2, 0.25) is 5.02 Å². The fourth-order valence-corrected chi connectivity index (χ4v) is 2.55. The van der Waals surface area contributed by atoms with E-state index in [-0.39, 0.29) is 11.8 Å². The number of halogens is 1. The fraction of sp³-hybridized carbons (Fsp3) is 0.250. The van der Waals surface area contributed by atoms with Crippen molar-refractivity contribution in [3.05, 3.63) is 52.5 Å². The van der Waals surface area contributed by atoms with Crippen LogP contribution >= 0.6 is 11.6 Å². The van der Waals surface area contributed by atoms with Crippen LogP contribution in [0.15, 0.2) is 41.5 Å². The lowest BCUT2D eigenvalue weighted by atomic mass is 10.2. The minimum atomic E-state index is -0.390. The molecule has 2 aromatic rings. The Morgan fingerprint density at radius 2 is 1.75 bits per heavy atom. The van der Waals surface area contributed by atoms with E-state index in [1.807, 2.05) is 6.92 Å². The zero-order valence-corrected chi connectivity index (χ0v) is 16.7. The molecular formula is C20H22ClN3O4. The van der Waals surface area contributed by atoms with Gasteiger partial charge in [0.1, 0.15) is 0 Å². The van der Waals surface area contributed by atoms with Crippen molar-refractivity contribution >= 4 is 35.3 Å². The molecule has 2 aromatic carbocycles. The molecule has 2 N–H and O–H groups in total. The number of nitrogens with one attached hydrogen (secondary N) is 2. The second-order valence-electron chi connectivity index (χ2n) is 5.80. The van der Waals surface area contributed by atoms with Crippen LogP contribution < -0.4 is 20.2 Å². The molecule has 0 fully saturated rings. The molecule has 0 saturated carbocycles. The molecule has 2 rings (SSSR count). The highest BCUT2D eigenvalue weighted by Crippen LogP contribution is 2.32. The van der Waals surface area contributed by atoms with Crippen LogP contribution in [-0.4, -0.2) is 32.2 Å². The predicted molar refractivity (Wildman–Crippen MR) is 110 cm³/mol. The number of hydrogen-bond donors (Lipinski definition) is 2. The van der Waals surface area contributed by atoms with Gasteiger partial charge in [0, 0.05) is 29.3 Å². The molecule has 0 aliphatic rings. The first-order valence-electron chi connectivity index (χ1n) is 8.63. The average Bonchev–Trinajstić information content (AvgIpc) is 2.69. The van der Waals surface area contributed by atoms with Gasteiger partial charge in [0.15, 0.2) is 11.5 Å². The van der Waals surface area contributed by atoms with Crippen molar-refractivity contribution in [2.75, 3.05) is 19.5 Å². The maximum absolute atomic E-state index is 12.2. The quantitative estimate of drug-likeness (QED) is 0.517. The first kappa shape index (κ1) is 21.2. The second-order valence-corrected chi connectivity index (χ2v) is 6.21. The van der Waals surface area contributed by atoms with E-state index in [0.29, 0.717) is 39.8 Å². The standard InChI is InChI=1S/C20H22ClN3O4/c1-4-5-19(25)23-15-8-6-13(7-9-15)20(26)24-22-12-14-10-17(27-2)18(28-3)11-16(14)21/h6-12H,4-5H2,1-3H3,(H,23,25)(H,24,26)/b22-12+. The van der Waals surface area contributed by atoms with Crippen molar-refractivity contribution in [2.24, 2.45) is 5.10 Å². The Morgan fingerprint density at radius 3 is 2.36 bits per heavy atom. The van der Waals surface area contributed by atoms with Crippen LogP contribution in [-0.2, 0) is 4.79 Å². The van der Waals surface area contributed by atoms with Crippen LogP contribution in [0, 0.1) is 0 Å². The lowest BCUT2D eigenvalue weighted by Crippen LogP contribution is -2.17. The van der Waals surface area contributed by atoms with Crippen molar-refractivity contribution in [1.29, 1.82) is 0 Å². The number of amides is 2. The smallest absolute Gasteiger partial charge is 0.271 e. The number of ether oxygens (including phenoxy) is 2. The van der Waals surface area contributed by atoms with E-state index in [9.17, 15) is 9.59 Å². The van der Waals surface area contributed by atoms with Gasteiger partial charge in [0.25, 0.3) is 5.91 Å². The van der Waals surface area contributed by atoms with Gasteiger partial charge in [-0.15, -0.1) is 0 Å². The Hall–Kier alpha value is -3.06. The third-order valence-electron chi connectivity index (χ3n) is 3.78. The van der Waals surface area contributed by atoms with Gasteiger partial charge < -0.3 is 14.8 Å². The van der Waals surface area contributed by atoms with Crippen LogP contribution in [0.4, 0.5) is 5.69 Å². The van der Waals surface area contributed by atoms with Crippen molar-refractivity contribution in [3.8, 4) is 11.5 Å². The van der Waals surface area contributed by atoms with E-state index in [1.54, 1.807) is 36.4 Å². The largest absolute Gasteiger partial charge is 0.493 e. The zero-order chi connectivity index (χ0) is 20.5. The van der Waals surface area contributed by atoms with Crippen LogP contribution in [0.1, 0.15) is 35.7 Å². The average molecular weight is 404 g/mol. The summed E-state index contributed by atoms with van der Waals surface area (Å²) >= 11 is 6.18. The third-order valence-corrected chi connectivity index (χ3v) is 4.11. The molecule has 28 heavy (non-hydrogen) atoms. The van der Waals surface area contributed by atoms with E-state index < -0.39 is 0 Å². The number of nitrogens with zero attached hydrogens (tertiary/aromatic N) is 1. The zero-order valence-electron chi connectivity index (χ0n) is 15.9. The Bertz CT molecular complexity index is 866. The molecule has 0 saturated heterocycles. The Balaban J connectivity index is 2.01. The highest BCUT2D eigenvalue weighted by atomic mass is 35.5. The van der Waals surface area contributed by atoms with E-state index >= 15 is 0 Å². The lowest BCUT2D eigenvalue weighted by molar-refractivity contribution is -0.116. The van der Waals surface area contributed by atoms with Crippen molar-refractivity contribution in [3.63, 3.8) is 0 Å². The molecular weight excluding hydrogens is 382 g/mol. The highest BCUT2D eigenvalue weighted by Gasteiger charge is 2.09. The molecule has 148 valence electrons. The molecule has 8 heteroatoms. The van der Waals surface area contributed by atoms with Gasteiger partial charge in [-0.2, -0.15) is 5.10 Å². The summed E-state index contributed by atoms with van der Waals surface area (Å²) in [4.78, 5) is 23.8. The summed E-state index contributed by atoms with van der Waals surface area (Å²) in [7, 11) is 3.03. The predicted octanol–water partition coefficient (Wildman–Crippen LogP) is 3.86. The maximum Gasteiger partial charge on any atom is 0.271 e. The van der Waals surface area contributed by atoms with E-state index in [2.05, 4.69) is 15.8 Å². The monoisotopic (exact) mass is 403 g/mol. The number of rotatable bonds is 8. The first-order valence-corrected chi connectivity index (χ1v) is 9.01. The molecule has 0 atom stereocenters. The molecule has 0 aliphatic heterocycles. The van der Waals surface area contributed by atoms with Gasteiger partial charge in [-0.05, 0) is 36.8 Å². The first-order chi connectivity index (χ1) is 13.5. The van der Waals surface area contributed by atoms with Crippen LogP contribution in [0.25, 0.3) is 0 Å². The molecule has 0 aliphatic carbocycles. The van der Waals surface area contributed by atoms with Gasteiger partial charge in [0.2, 0.25) is 5.91 Å². The molecule has 7 nitrogen and oxygen atoms in total. The van der Waals surface area contributed by atoms with Gasteiger partial charge in [-0.3, -0.25) is 9.59 Å². The van der Waals surface area contributed by atoms with Gasteiger partial charge in [-0.25, -0.2) is 5.43 Å². The molecule has 2 amide bonds. The highest BCUT2D eigenvalue weighted by molar-refractivity contribution is 6.33.